The summed E-state index contributed by atoms with van der Waals surface area (Å²) in [6.07, 6.45) is 0.500. The van der Waals surface area contributed by atoms with Crippen molar-refractivity contribution in [3.05, 3.63) is 0 Å². The second-order valence-electron chi connectivity index (χ2n) is 0.0913. The standard InChI is InChI=1S/CHNO.Fe.K/c2-1-3;;/h3H;;/q;+3;+1/p-1. The van der Waals surface area contributed by atoms with Crippen LogP contribution in [0.5, 0.6) is 0 Å². The van der Waals surface area contributed by atoms with Gasteiger partial charge in [0.1, 0.15) is 0 Å². The Morgan fingerprint density at radius 1 is 1.60 bits per heavy atom. The van der Waals surface area contributed by atoms with Crippen LogP contribution in [0.1, 0.15) is 0 Å². The second kappa shape index (κ2) is 18.0. The van der Waals surface area contributed by atoms with Crippen LogP contribution in [0, 0.1) is 11.5 Å². The fourth-order valence-corrected chi connectivity index (χ4v) is 0. The smallest absolute Gasteiger partial charge is 0.812 e. The monoisotopic (exact) mass is 137 g/mol. The van der Waals surface area contributed by atoms with E-state index in [0.29, 0.717) is 6.26 Å². The van der Waals surface area contributed by atoms with E-state index in [1.807, 2.05) is 0 Å². The van der Waals surface area contributed by atoms with E-state index in [9.17, 15) is 0 Å². The van der Waals surface area contributed by atoms with Crippen LogP contribution in [-0.4, -0.2) is 0 Å². The molecule has 1 radical (unpaired) electrons. The van der Waals surface area contributed by atoms with E-state index >= 15 is 0 Å². The summed E-state index contributed by atoms with van der Waals surface area (Å²) >= 11 is 0. The minimum absolute atomic E-state index is 0. The van der Waals surface area contributed by atoms with Gasteiger partial charge in [-0.3, -0.25) is 0 Å². The zero-order valence-electron chi connectivity index (χ0n) is 2.71. The zero-order valence-corrected chi connectivity index (χ0v) is 6.94. The molecule has 2 nitrogen and oxygen atoms in total. The Morgan fingerprint density at radius 2 is 1.60 bits per heavy atom. The van der Waals surface area contributed by atoms with Crippen molar-refractivity contribution in [3.8, 4) is 6.26 Å². The van der Waals surface area contributed by atoms with Crippen LogP contribution in [0.25, 0.3) is 0 Å². The van der Waals surface area contributed by atoms with Crippen LogP contribution in [0.4, 0.5) is 0 Å². The van der Waals surface area contributed by atoms with Crippen LogP contribution < -0.4 is 56.5 Å². The van der Waals surface area contributed by atoms with Gasteiger partial charge >= 0.3 is 68.5 Å². The molecule has 0 aliphatic carbocycles. The van der Waals surface area contributed by atoms with Gasteiger partial charge in [0.25, 0.3) is 0 Å². The molecule has 0 rings (SSSR count). The Morgan fingerprint density at radius 3 is 1.60 bits per heavy atom. The minimum Gasteiger partial charge on any atom is -0.812 e. The predicted octanol–water partition coefficient (Wildman–Crippen LogP) is -4.17. The van der Waals surface area contributed by atoms with Crippen LogP contribution in [0.3, 0.4) is 0 Å². The normalized spacial score (nSPS) is 1.40. The number of rotatable bonds is 0. The Labute approximate surface area is 83.4 Å². The number of hydrogen-bond donors (Lipinski definition) is 0. The Bertz CT molecular complexity index is 33.1. The summed E-state index contributed by atoms with van der Waals surface area (Å²) in [5.74, 6) is 0. The molecule has 0 saturated heterocycles. The molecule has 0 heterocycles. The minimum atomic E-state index is 0. The second-order valence-corrected chi connectivity index (χ2v) is 0.0913. The molecule has 21 valence electrons. The third kappa shape index (κ3) is 30.9. The fraction of sp³-hybridized carbons (Fsp3) is 0. The van der Waals surface area contributed by atoms with Crippen molar-refractivity contribution in [1.29, 1.82) is 5.26 Å². The van der Waals surface area contributed by atoms with Gasteiger partial charge in [-0.25, -0.2) is 5.26 Å². The molecule has 0 saturated carbocycles. The summed E-state index contributed by atoms with van der Waals surface area (Å²) in [5, 5.41) is 15.0. The molecule has 0 unspecified atom stereocenters. The van der Waals surface area contributed by atoms with Gasteiger partial charge < -0.3 is 5.11 Å². The molecule has 0 fully saturated rings. The largest absolute Gasteiger partial charge is 3.00 e. The maximum absolute atomic E-state index is 8.24. The number of nitrogens with zero attached hydrogens (tertiary/aromatic N) is 1. The van der Waals surface area contributed by atoms with Crippen molar-refractivity contribution in [1.82, 2.24) is 0 Å². The Hall–Kier alpha value is 1.45. The van der Waals surface area contributed by atoms with E-state index in [1.54, 1.807) is 0 Å². The van der Waals surface area contributed by atoms with Gasteiger partial charge in [0.15, 0.2) is 0 Å². The summed E-state index contributed by atoms with van der Waals surface area (Å²) in [4.78, 5) is 0. The molecule has 0 aliphatic heterocycles. The SMILES string of the molecule is N#C[O-].[Fe+3].[K+]. The van der Waals surface area contributed by atoms with Crippen molar-refractivity contribution in [2.75, 3.05) is 0 Å². The first-order chi connectivity index (χ1) is 1.41. The van der Waals surface area contributed by atoms with Crippen LogP contribution in [0.2, 0.25) is 0 Å². The first-order valence-corrected chi connectivity index (χ1v) is 0.428. The van der Waals surface area contributed by atoms with Gasteiger partial charge in [-0.2, -0.15) is 0 Å². The van der Waals surface area contributed by atoms with Gasteiger partial charge in [0.2, 0.25) is 0 Å². The van der Waals surface area contributed by atoms with Gasteiger partial charge in [-0.1, -0.05) is 0 Å². The molecule has 0 aromatic heterocycles. The predicted molar refractivity (Wildman–Crippen MR) is 5.61 cm³/mol. The van der Waals surface area contributed by atoms with Crippen molar-refractivity contribution in [3.63, 3.8) is 0 Å². The maximum Gasteiger partial charge on any atom is 3.00 e. The van der Waals surface area contributed by atoms with Crippen molar-refractivity contribution in [2.45, 2.75) is 0 Å². The van der Waals surface area contributed by atoms with E-state index < -0.39 is 0 Å². The first-order valence-electron chi connectivity index (χ1n) is 0.428. The molecule has 0 bridgehead atoms. The molecular formula is CFeKNO+3. The topological polar surface area (TPSA) is 46.8 Å². The summed E-state index contributed by atoms with van der Waals surface area (Å²) in [6, 6.07) is 0. The molecule has 0 aliphatic rings. The Kier molecular flexibility index (Phi) is 57.9. The number of nitriles is 1. The molecule has 0 atom stereocenters. The van der Waals surface area contributed by atoms with E-state index in [4.69, 9.17) is 10.4 Å². The number of hydrogen-bond acceptors (Lipinski definition) is 2. The fourth-order valence-electron chi connectivity index (χ4n) is 0. The molecule has 0 amide bonds. The van der Waals surface area contributed by atoms with E-state index in [-0.39, 0.29) is 68.5 Å². The molecule has 0 spiro atoms. The van der Waals surface area contributed by atoms with Crippen LogP contribution in [0.15, 0.2) is 0 Å². The average Bonchev–Trinajstić information content (AvgIpc) is 0.918. The summed E-state index contributed by atoms with van der Waals surface area (Å²) in [5.41, 5.74) is 0. The van der Waals surface area contributed by atoms with E-state index in [0.717, 1.165) is 0 Å². The van der Waals surface area contributed by atoms with Crippen molar-refractivity contribution in [2.24, 2.45) is 0 Å². The molecule has 0 aromatic rings. The van der Waals surface area contributed by atoms with Crippen molar-refractivity contribution < 1.29 is 73.6 Å². The quantitative estimate of drug-likeness (QED) is 0.251. The maximum atomic E-state index is 8.24. The van der Waals surface area contributed by atoms with Gasteiger partial charge in [0, 0.05) is 6.26 Å². The molecule has 0 aromatic carbocycles. The van der Waals surface area contributed by atoms with E-state index in [1.165, 1.54) is 0 Å². The average molecular weight is 137 g/mol. The van der Waals surface area contributed by atoms with Gasteiger partial charge in [-0.05, 0) is 0 Å². The summed E-state index contributed by atoms with van der Waals surface area (Å²) < 4.78 is 0. The molecule has 5 heavy (non-hydrogen) atoms. The van der Waals surface area contributed by atoms with E-state index in [2.05, 4.69) is 0 Å². The zero-order chi connectivity index (χ0) is 2.71. The van der Waals surface area contributed by atoms with Crippen molar-refractivity contribution >= 4 is 0 Å². The third-order valence-corrected chi connectivity index (χ3v) is 0. The third-order valence-electron chi connectivity index (χ3n) is 0. The first kappa shape index (κ1) is 16.1. The molecular weight excluding hydrogens is 137 g/mol. The summed E-state index contributed by atoms with van der Waals surface area (Å²) in [7, 11) is 0. The van der Waals surface area contributed by atoms with Gasteiger partial charge in [0.05, 0.1) is 0 Å². The molecule has 4 heteroatoms. The summed E-state index contributed by atoms with van der Waals surface area (Å²) in [6.45, 7) is 0. The molecule has 0 N–H and O–H groups in total. The van der Waals surface area contributed by atoms with Crippen LogP contribution in [-0.2, 0) is 17.1 Å². The Balaban J connectivity index is -0.0000000200. The van der Waals surface area contributed by atoms with Gasteiger partial charge in [-0.15, -0.1) is 0 Å². The van der Waals surface area contributed by atoms with Crippen LogP contribution >= 0.6 is 0 Å².